The molecule has 3 aliphatic rings. The van der Waals surface area contributed by atoms with Crippen LogP contribution < -0.4 is 4.90 Å². The van der Waals surface area contributed by atoms with Gasteiger partial charge in [0.2, 0.25) is 17.7 Å². The third-order valence-electron chi connectivity index (χ3n) is 9.65. The first-order valence-electron chi connectivity index (χ1n) is 15.7. The number of anilines is 1. The molecule has 1 spiro atoms. The van der Waals surface area contributed by atoms with Gasteiger partial charge in [0.25, 0.3) is 0 Å². The van der Waals surface area contributed by atoms with Gasteiger partial charge < -0.3 is 24.5 Å². The van der Waals surface area contributed by atoms with Gasteiger partial charge in [-0.25, -0.2) is 0 Å². The zero-order valence-electron chi connectivity index (χ0n) is 27.0. The number of likely N-dealkylation sites (tertiary alicyclic amines) is 1. The molecule has 0 saturated carbocycles. The second-order valence-corrected chi connectivity index (χ2v) is 14.3. The van der Waals surface area contributed by atoms with Crippen molar-refractivity contribution in [2.24, 2.45) is 17.3 Å². The number of para-hydroxylation sites is 1. The summed E-state index contributed by atoms with van der Waals surface area (Å²) in [6, 6.07) is 8.52. The summed E-state index contributed by atoms with van der Waals surface area (Å²) >= 11 is 0. The van der Waals surface area contributed by atoms with Crippen molar-refractivity contribution in [3.8, 4) is 0 Å². The minimum absolute atomic E-state index is 0.0514. The number of amides is 3. The summed E-state index contributed by atoms with van der Waals surface area (Å²) in [6.45, 7) is 21.1. The molecule has 0 radical (unpaired) electrons. The number of carbonyl (C=O) groups is 3. The lowest BCUT2D eigenvalue weighted by molar-refractivity contribution is -0.157. The van der Waals surface area contributed by atoms with Gasteiger partial charge in [-0.05, 0) is 63.5 Å². The Morgan fingerprint density at radius 3 is 2.28 bits per heavy atom. The summed E-state index contributed by atoms with van der Waals surface area (Å²) < 4.78 is 7.00. The molecular formula is C35H51N3O5. The van der Waals surface area contributed by atoms with E-state index in [-0.39, 0.29) is 42.8 Å². The van der Waals surface area contributed by atoms with Crippen molar-refractivity contribution in [1.29, 1.82) is 0 Å². The number of rotatable bonds is 13. The lowest BCUT2D eigenvalue weighted by atomic mass is 9.64. The fraction of sp³-hybridized carbons (Fsp3) is 0.629. The van der Waals surface area contributed by atoms with Crippen LogP contribution in [0.4, 0.5) is 5.69 Å². The standard InChI is InChI=1S/C35H51N3O5/c1-9-20-36(25-16-13-12-14-17-25)29(40)26-27-30(41)37(22-15-23-39)28(35(27)19-18-34(26,11-3)43-35)31(42)38(21-10-2)33(7,8)24-32(4,5)6/h9-10,12-14,16-17,26-28,39H,1-2,11,15,18-24H2,3-8H3/t26-,27-,28?,34+,35?/m0/s1. The number of ether oxygens (including phenoxy) is 1. The monoisotopic (exact) mass is 593 g/mol. The number of benzene rings is 1. The quantitative estimate of drug-likeness (QED) is 0.326. The Labute approximate surface area is 257 Å². The highest BCUT2D eigenvalue weighted by molar-refractivity contribution is 6.03. The molecule has 8 nitrogen and oxygen atoms in total. The van der Waals surface area contributed by atoms with Gasteiger partial charge in [-0.3, -0.25) is 14.4 Å². The van der Waals surface area contributed by atoms with E-state index < -0.39 is 34.6 Å². The number of aliphatic hydroxyl groups excluding tert-OH is 1. The maximum absolute atomic E-state index is 14.9. The van der Waals surface area contributed by atoms with Crippen molar-refractivity contribution in [2.75, 3.05) is 31.1 Å². The van der Waals surface area contributed by atoms with Gasteiger partial charge in [-0.15, -0.1) is 13.2 Å². The SMILES string of the molecule is C=CCN(C(=O)[C@@H]1[C@H]2C(=O)N(CCCO)C(C(=O)N(CC=C)C(C)(C)CC(C)(C)C)C23CC[C@@]1(CC)O3)c1ccccc1. The predicted molar refractivity (Wildman–Crippen MR) is 169 cm³/mol. The third kappa shape index (κ3) is 5.68. The topological polar surface area (TPSA) is 90.4 Å². The smallest absolute Gasteiger partial charge is 0.249 e. The van der Waals surface area contributed by atoms with Crippen molar-refractivity contribution in [3.05, 3.63) is 55.6 Å². The van der Waals surface area contributed by atoms with E-state index in [4.69, 9.17) is 4.74 Å². The Morgan fingerprint density at radius 2 is 1.72 bits per heavy atom. The molecule has 0 aliphatic carbocycles. The summed E-state index contributed by atoms with van der Waals surface area (Å²) in [5, 5.41) is 9.75. The number of aliphatic hydroxyl groups is 1. The van der Waals surface area contributed by atoms with Crippen LogP contribution in [0.1, 0.15) is 73.6 Å². The highest BCUT2D eigenvalue weighted by atomic mass is 16.5. The van der Waals surface area contributed by atoms with Crippen LogP contribution in [-0.4, -0.2) is 81.7 Å². The Kier molecular flexibility index (Phi) is 9.34. The summed E-state index contributed by atoms with van der Waals surface area (Å²) in [7, 11) is 0. The average molecular weight is 594 g/mol. The molecule has 5 atom stereocenters. The molecule has 1 aromatic carbocycles. The van der Waals surface area contributed by atoms with Crippen LogP contribution in [0.15, 0.2) is 55.6 Å². The number of nitrogens with zero attached hydrogens (tertiary/aromatic N) is 3. The number of hydrogen-bond donors (Lipinski definition) is 1. The fourth-order valence-corrected chi connectivity index (χ4v) is 8.39. The molecule has 3 saturated heterocycles. The minimum Gasteiger partial charge on any atom is -0.396 e. The van der Waals surface area contributed by atoms with Crippen molar-refractivity contribution >= 4 is 23.4 Å². The van der Waals surface area contributed by atoms with Crippen molar-refractivity contribution in [2.45, 2.75) is 96.4 Å². The average Bonchev–Trinajstić information content (AvgIpc) is 3.55. The largest absolute Gasteiger partial charge is 0.396 e. The van der Waals surface area contributed by atoms with Crippen LogP contribution in [0.2, 0.25) is 0 Å². The molecule has 8 heteroatoms. The highest BCUT2D eigenvalue weighted by Crippen LogP contribution is 2.65. The Bertz CT molecular complexity index is 1220. The van der Waals surface area contributed by atoms with Gasteiger partial charge in [-0.2, -0.15) is 0 Å². The molecule has 236 valence electrons. The van der Waals surface area contributed by atoms with Crippen LogP contribution in [0.5, 0.6) is 0 Å². The molecule has 3 fully saturated rings. The molecule has 1 aromatic rings. The van der Waals surface area contributed by atoms with Crippen LogP contribution >= 0.6 is 0 Å². The normalized spacial score (nSPS) is 28.1. The molecule has 3 amide bonds. The molecular weight excluding hydrogens is 542 g/mol. The van der Waals surface area contributed by atoms with Gasteiger partial charge in [0.05, 0.1) is 17.4 Å². The van der Waals surface area contributed by atoms with E-state index in [1.54, 1.807) is 22.0 Å². The molecule has 1 N–H and O–H groups in total. The molecule has 3 heterocycles. The Balaban J connectivity index is 1.83. The molecule has 0 aromatic heterocycles. The first-order valence-corrected chi connectivity index (χ1v) is 15.7. The number of carbonyl (C=O) groups excluding carboxylic acids is 3. The molecule has 3 aliphatic heterocycles. The first-order chi connectivity index (χ1) is 20.2. The van der Waals surface area contributed by atoms with E-state index >= 15 is 0 Å². The molecule has 43 heavy (non-hydrogen) atoms. The van der Waals surface area contributed by atoms with Gasteiger partial charge in [0.1, 0.15) is 11.6 Å². The van der Waals surface area contributed by atoms with Crippen LogP contribution in [-0.2, 0) is 19.1 Å². The van der Waals surface area contributed by atoms with E-state index in [0.717, 1.165) is 12.1 Å². The fourth-order valence-electron chi connectivity index (χ4n) is 8.39. The van der Waals surface area contributed by atoms with Gasteiger partial charge in [0.15, 0.2) is 0 Å². The van der Waals surface area contributed by atoms with E-state index in [0.29, 0.717) is 32.2 Å². The molecule has 2 bridgehead atoms. The number of hydrogen-bond acceptors (Lipinski definition) is 5. The summed E-state index contributed by atoms with van der Waals surface area (Å²) in [6.07, 6.45) is 6.14. The lowest BCUT2D eigenvalue weighted by Crippen LogP contribution is -2.61. The minimum atomic E-state index is -1.13. The molecule has 4 rings (SSSR count). The predicted octanol–water partition coefficient (Wildman–Crippen LogP) is 4.97. The van der Waals surface area contributed by atoms with Crippen molar-refractivity contribution in [3.63, 3.8) is 0 Å². The van der Waals surface area contributed by atoms with Crippen LogP contribution in [0.25, 0.3) is 0 Å². The second-order valence-electron chi connectivity index (χ2n) is 14.3. The second kappa shape index (κ2) is 12.2. The van der Waals surface area contributed by atoms with Crippen molar-refractivity contribution < 1.29 is 24.2 Å². The van der Waals surface area contributed by atoms with Crippen LogP contribution in [0.3, 0.4) is 0 Å². The maximum atomic E-state index is 14.9. The lowest BCUT2D eigenvalue weighted by Gasteiger charge is -2.45. The highest BCUT2D eigenvalue weighted by Gasteiger charge is 2.79. The molecule has 2 unspecified atom stereocenters. The zero-order valence-corrected chi connectivity index (χ0v) is 27.0. The van der Waals surface area contributed by atoms with Gasteiger partial charge in [0, 0.05) is 37.5 Å². The van der Waals surface area contributed by atoms with Gasteiger partial charge in [-0.1, -0.05) is 58.0 Å². The summed E-state index contributed by atoms with van der Waals surface area (Å²) in [5.41, 5.74) is -1.84. The van der Waals surface area contributed by atoms with Crippen molar-refractivity contribution in [1.82, 2.24) is 9.80 Å². The maximum Gasteiger partial charge on any atom is 0.249 e. The summed E-state index contributed by atoms with van der Waals surface area (Å²) in [4.78, 5) is 49.1. The Morgan fingerprint density at radius 1 is 1.07 bits per heavy atom. The first kappa shape index (κ1) is 32.9. The third-order valence-corrected chi connectivity index (χ3v) is 9.65. The summed E-state index contributed by atoms with van der Waals surface area (Å²) in [5.74, 6) is -2.15. The van der Waals surface area contributed by atoms with E-state index in [9.17, 15) is 19.5 Å². The van der Waals surface area contributed by atoms with E-state index in [2.05, 4.69) is 47.8 Å². The van der Waals surface area contributed by atoms with Crippen LogP contribution in [0, 0.1) is 17.3 Å². The Hall–Kier alpha value is -2.97. The van der Waals surface area contributed by atoms with E-state index in [1.165, 1.54) is 0 Å². The number of fused-ring (bicyclic) bond motifs is 1. The zero-order chi connectivity index (χ0) is 31.8. The van der Waals surface area contributed by atoms with E-state index in [1.807, 2.05) is 42.2 Å². The van der Waals surface area contributed by atoms with Gasteiger partial charge >= 0.3 is 0 Å².